The van der Waals surface area contributed by atoms with Gasteiger partial charge < -0.3 is 24.6 Å². The number of amides is 1. The van der Waals surface area contributed by atoms with Crippen LogP contribution in [0.25, 0.3) is 0 Å². The van der Waals surface area contributed by atoms with Crippen LogP contribution in [0.15, 0.2) is 30.5 Å². The average Bonchev–Trinajstić information content (AvgIpc) is 2.74. The van der Waals surface area contributed by atoms with Gasteiger partial charge in [-0.3, -0.25) is 4.79 Å². The molecule has 8 heteroatoms. The number of rotatable bonds is 4. The number of aromatic nitrogens is 2. The van der Waals surface area contributed by atoms with Crippen LogP contribution in [0.4, 0.5) is 17.5 Å². The lowest BCUT2D eigenvalue weighted by Crippen LogP contribution is -2.46. The second-order valence-corrected chi connectivity index (χ2v) is 7.65. The number of nitrogens with zero attached hydrogens (tertiary/aromatic N) is 4. The molecule has 2 aliphatic heterocycles. The average molecular weight is 397 g/mol. The molecule has 154 valence electrons. The van der Waals surface area contributed by atoms with Gasteiger partial charge in [-0.25, -0.2) is 4.98 Å². The topological polar surface area (TPSA) is 79.8 Å². The van der Waals surface area contributed by atoms with Crippen molar-refractivity contribution >= 4 is 23.4 Å². The molecule has 1 N–H and O–H groups in total. The Balaban J connectivity index is 1.53. The third kappa shape index (κ3) is 4.06. The minimum atomic E-state index is -0.762. The molecule has 8 nitrogen and oxygen atoms in total. The van der Waals surface area contributed by atoms with E-state index in [0.717, 1.165) is 25.9 Å². The van der Waals surface area contributed by atoms with Crippen molar-refractivity contribution in [2.75, 3.05) is 42.3 Å². The molecule has 1 saturated heterocycles. The number of carbonyl (C=O) groups is 1. The minimum absolute atomic E-state index is 0.288. The summed E-state index contributed by atoms with van der Waals surface area (Å²) in [6, 6.07) is 7.35. The van der Waals surface area contributed by atoms with Gasteiger partial charge in [0.1, 0.15) is 11.8 Å². The summed E-state index contributed by atoms with van der Waals surface area (Å²) >= 11 is 0. The van der Waals surface area contributed by atoms with Gasteiger partial charge in [0, 0.05) is 27.2 Å². The van der Waals surface area contributed by atoms with Gasteiger partial charge in [0.2, 0.25) is 12.1 Å². The molecule has 2 aliphatic rings. The van der Waals surface area contributed by atoms with Gasteiger partial charge in [0.05, 0.1) is 6.20 Å². The molecule has 0 radical (unpaired) electrons. The summed E-state index contributed by atoms with van der Waals surface area (Å²) in [5, 5.41) is 2.92. The summed E-state index contributed by atoms with van der Waals surface area (Å²) in [7, 11) is 3.80. The highest BCUT2D eigenvalue weighted by molar-refractivity contribution is 5.97. The van der Waals surface area contributed by atoms with Crippen molar-refractivity contribution in [3.63, 3.8) is 0 Å². The van der Waals surface area contributed by atoms with E-state index >= 15 is 0 Å². The fourth-order valence-corrected chi connectivity index (χ4v) is 3.65. The zero-order valence-corrected chi connectivity index (χ0v) is 17.1. The Kier molecular flexibility index (Phi) is 5.42. The van der Waals surface area contributed by atoms with E-state index in [1.165, 1.54) is 6.42 Å². The first-order valence-corrected chi connectivity index (χ1v) is 10.1. The first kappa shape index (κ1) is 19.3. The summed E-state index contributed by atoms with van der Waals surface area (Å²) in [6.45, 7) is 3.74. The maximum atomic E-state index is 12.9. The van der Waals surface area contributed by atoms with Gasteiger partial charge in [0.15, 0.2) is 17.3 Å². The van der Waals surface area contributed by atoms with Crippen LogP contribution in [0.3, 0.4) is 0 Å². The third-order valence-corrected chi connectivity index (χ3v) is 5.18. The molecule has 29 heavy (non-hydrogen) atoms. The van der Waals surface area contributed by atoms with Crippen LogP contribution in [0.1, 0.15) is 26.2 Å². The van der Waals surface area contributed by atoms with Gasteiger partial charge in [-0.2, -0.15) is 4.98 Å². The van der Waals surface area contributed by atoms with Crippen LogP contribution in [-0.4, -0.2) is 55.3 Å². The second kappa shape index (κ2) is 8.14. The van der Waals surface area contributed by atoms with E-state index in [9.17, 15) is 4.79 Å². The predicted molar refractivity (Wildman–Crippen MR) is 112 cm³/mol. The molecule has 0 aliphatic carbocycles. The molecule has 1 aromatic carbocycles. The number of fused-ring (bicyclic) bond motifs is 1. The van der Waals surface area contributed by atoms with Crippen molar-refractivity contribution in [2.24, 2.45) is 0 Å². The summed E-state index contributed by atoms with van der Waals surface area (Å²) in [6.07, 6.45) is 4.04. The van der Waals surface area contributed by atoms with E-state index in [2.05, 4.69) is 15.2 Å². The molecule has 2 aromatic rings. The lowest BCUT2D eigenvalue weighted by Gasteiger charge is -2.31. The van der Waals surface area contributed by atoms with E-state index in [1.807, 2.05) is 44.1 Å². The van der Waals surface area contributed by atoms with Crippen LogP contribution in [0.2, 0.25) is 0 Å². The number of hydrogen-bond donors (Lipinski definition) is 1. The van der Waals surface area contributed by atoms with Crippen molar-refractivity contribution in [2.45, 2.75) is 38.4 Å². The SMILES string of the molecule is CC1Oc2ccccc2OC1C(=O)Nc1cnc(N2CCCCC2)nc1N(C)C. The quantitative estimate of drug-likeness (QED) is 0.850. The fraction of sp³-hybridized carbons (Fsp3) is 0.476. The largest absolute Gasteiger partial charge is 0.482 e. The molecule has 4 rings (SSSR count). The summed E-state index contributed by atoms with van der Waals surface area (Å²) in [4.78, 5) is 26.2. The molecule has 0 bridgehead atoms. The first-order valence-electron chi connectivity index (χ1n) is 10.1. The van der Waals surface area contributed by atoms with Gasteiger partial charge in [-0.15, -0.1) is 0 Å². The highest BCUT2D eigenvalue weighted by Crippen LogP contribution is 2.34. The Hall–Kier alpha value is -3.03. The van der Waals surface area contributed by atoms with Crippen LogP contribution in [0, 0.1) is 0 Å². The van der Waals surface area contributed by atoms with E-state index in [4.69, 9.17) is 14.5 Å². The van der Waals surface area contributed by atoms with Gasteiger partial charge in [0.25, 0.3) is 5.91 Å². The minimum Gasteiger partial charge on any atom is -0.482 e. The second-order valence-electron chi connectivity index (χ2n) is 7.65. The van der Waals surface area contributed by atoms with Gasteiger partial charge in [-0.1, -0.05) is 12.1 Å². The Labute approximate surface area is 170 Å². The molecule has 1 amide bonds. The predicted octanol–water partition coefficient (Wildman–Crippen LogP) is 2.70. The zero-order valence-electron chi connectivity index (χ0n) is 17.1. The summed E-state index contributed by atoms with van der Waals surface area (Å²) in [5.41, 5.74) is 0.551. The van der Waals surface area contributed by atoms with E-state index in [0.29, 0.717) is 29.0 Å². The number of anilines is 3. The van der Waals surface area contributed by atoms with Crippen LogP contribution >= 0.6 is 0 Å². The molecule has 2 atom stereocenters. The summed E-state index contributed by atoms with van der Waals surface area (Å²) in [5.74, 6) is 2.29. The lowest BCUT2D eigenvalue weighted by molar-refractivity contribution is -0.128. The molecule has 0 spiro atoms. The number of piperidine rings is 1. The Morgan fingerprint density at radius 1 is 1.14 bits per heavy atom. The standard InChI is InChI=1S/C21H27N5O3/c1-14-18(29-17-10-6-5-9-16(17)28-14)20(27)23-15-13-22-21(24-19(15)25(2)3)26-11-7-4-8-12-26/h5-6,9-10,13-14,18H,4,7-8,11-12H2,1-3H3,(H,23,27). The smallest absolute Gasteiger partial charge is 0.269 e. The number of carbonyl (C=O) groups excluding carboxylic acids is 1. The van der Waals surface area contributed by atoms with Gasteiger partial charge in [-0.05, 0) is 38.3 Å². The maximum absolute atomic E-state index is 12.9. The molecule has 0 saturated carbocycles. The maximum Gasteiger partial charge on any atom is 0.269 e. The van der Waals surface area contributed by atoms with Crippen molar-refractivity contribution in [1.29, 1.82) is 0 Å². The molecule has 3 heterocycles. The van der Waals surface area contributed by atoms with Crippen molar-refractivity contribution < 1.29 is 14.3 Å². The van der Waals surface area contributed by atoms with Crippen molar-refractivity contribution in [1.82, 2.24) is 9.97 Å². The number of nitrogens with one attached hydrogen (secondary N) is 1. The molecule has 1 fully saturated rings. The molecular weight excluding hydrogens is 370 g/mol. The van der Waals surface area contributed by atoms with E-state index in [1.54, 1.807) is 12.3 Å². The van der Waals surface area contributed by atoms with Crippen molar-refractivity contribution in [3.8, 4) is 11.5 Å². The van der Waals surface area contributed by atoms with E-state index < -0.39 is 12.2 Å². The van der Waals surface area contributed by atoms with Gasteiger partial charge >= 0.3 is 0 Å². The monoisotopic (exact) mass is 397 g/mol. The first-order chi connectivity index (χ1) is 14.0. The zero-order chi connectivity index (χ0) is 20.4. The number of ether oxygens (including phenoxy) is 2. The highest BCUT2D eigenvalue weighted by Gasteiger charge is 2.34. The number of para-hydroxylation sites is 2. The number of benzene rings is 1. The third-order valence-electron chi connectivity index (χ3n) is 5.18. The lowest BCUT2D eigenvalue weighted by atomic mass is 10.1. The number of hydrogen-bond acceptors (Lipinski definition) is 7. The van der Waals surface area contributed by atoms with Crippen molar-refractivity contribution in [3.05, 3.63) is 30.5 Å². The highest BCUT2D eigenvalue weighted by atomic mass is 16.6. The summed E-state index contributed by atoms with van der Waals surface area (Å²) < 4.78 is 11.7. The van der Waals surface area contributed by atoms with Crippen LogP contribution in [0.5, 0.6) is 11.5 Å². The van der Waals surface area contributed by atoms with E-state index in [-0.39, 0.29) is 5.91 Å². The van der Waals surface area contributed by atoms with Crippen LogP contribution < -0.4 is 24.6 Å². The Bertz CT molecular complexity index is 882. The normalized spacial score (nSPS) is 20.9. The molecule has 1 aromatic heterocycles. The fourth-order valence-electron chi connectivity index (χ4n) is 3.65. The Morgan fingerprint density at radius 2 is 1.83 bits per heavy atom. The molecule has 2 unspecified atom stereocenters. The Morgan fingerprint density at radius 3 is 2.52 bits per heavy atom. The van der Waals surface area contributed by atoms with Crippen LogP contribution in [-0.2, 0) is 4.79 Å². The molecular formula is C21H27N5O3.